The molecule has 6 nitrogen and oxygen atoms in total. The smallest absolute Gasteiger partial charge is 0.254 e. The van der Waals surface area contributed by atoms with Gasteiger partial charge in [0.25, 0.3) is 5.91 Å². The molecule has 0 saturated carbocycles. The van der Waals surface area contributed by atoms with Gasteiger partial charge in [0.05, 0.1) is 13.7 Å². The average Bonchev–Trinajstić information content (AvgIpc) is 3.02. The molecule has 1 aliphatic rings. The minimum absolute atomic E-state index is 0.146. The summed E-state index contributed by atoms with van der Waals surface area (Å²) in [4.78, 5) is 18.2. The molecule has 2 aromatic rings. The maximum absolute atomic E-state index is 12.6. The molecule has 1 aromatic heterocycles. The number of rotatable bonds is 5. The van der Waals surface area contributed by atoms with Crippen molar-refractivity contribution in [1.29, 1.82) is 0 Å². The molecule has 1 aromatic carbocycles. The number of aryl methyl sites for hydroxylation is 1. The highest BCUT2D eigenvalue weighted by Crippen LogP contribution is 2.25. The third-order valence-corrected chi connectivity index (χ3v) is 4.31. The number of aliphatic hydroxyl groups is 1. The number of carbonyl (C=O) groups excluding carboxylic acids is 1. The first kappa shape index (κ1) is 17.2. The minimum atomic E-state index is -1.05. The molecular formula is C19H22N2O4. The Morgan fingerprint density at radius 1 is 1.36 bits per heavy atom. The van der Waals surface area contributed by atoms with Gasteiger partial charge < -0.3 is 19.5 Å². The quantitative estimate of drug-likeness (QED) is 0.900. The summed E-state index contributed by atoms with van der Waals surface area (Å²) in [6, 6.07) is 10.9. The second-order valence-electron chi connectivity index (χ2n) is 6.39. The number of hydrogen-bond donors (Lipinski definition) is 1. The van der Waals surface area contributed by atoms with Crippen LogP contribution in [-0.4, -0.2) is 53.3 Å². The van der Waals surface area contributed by atoms with Gasteiger partial charge in [-0.25, -0.2) is 4.98 Å². The molecule has 25 heavy (non-hydrogen) atoms. The molecule has 1 fully saturated rings. The van der Waals surface area contributed by atoms with Crippen LogP contribution in [0.15, 0.2) is 42.6 Å². The lowest BCUT2D eigenvalue weighted by molar-refractivity contribution is 0.00429. The number of carbonyl (C=O) groups is 1. The lowest BCUT2D eigenvalue weighted by Crippen LogP contribution is -2.40. The Bertz CT molecular complexity index is 765. The summed E-state index contributed by atoms with van der Waals surface area (Å²) in [5, 5.41) is 10.7. The third kappa shape index (κ3) is 4.09. The average molecular weight is 342 g/mol. The molecule has 0 bridgehead atoms. The molecule has 1 saturated heterocycles. The van der Waals surface area contributed by atoms with Crippen molar-refractivity contribution in [1.82, 2.24) is 9.88 Å². The van der Waals surface area contributed by atoms with Gasteiger partial charge in [-0.05, 0) is 37.1 Å². The number of pyridine rings is 1. The maximum atomic E-state index is 12.6. The molecule has 6 heteroatoms. The summed E-state index contributed by atoms with van der Waals surface area (Å²) in [7, 11) is 1.51. The van der Waals surface area contributed by atoms with Crippen LogP contribution in [0, 0.1) is 6.92 Å². The fourth-order valence-corrected chi connectivity index (χ4v) is 2.91. The van der Waals surface area contributed by atoms with Crippen molar-refractivity contribution in [3.63, 3.8) is 0 Å². The topological polar surface area (TPSA) is 71.9 Å². The van der Waals surface area contributed by atoms with E-state index in [-0.39, 0.29) is 19.1 Å². The van der Waals surface area contributed by atoms with Gasteiger partial charge in [-0.15, -0.1) is 0 Å². The number of nitrogens with zero attached hydrogens (tertiary/aromatic N) is 2. The van der Waals surface area contributed by atoms with Crippen LogP contribution >= 0.6 is 0 Å². The maximum Gasteiger partial charge on any atom is 0.254 e. The Hall–Kier alpha value is -2.60. The molecule has 1 unspecified atom stereocenters. The van der Waals surface area contributed by atoms with Crippen LogP contribution in [0.3, 0.4) is 0 Å². The van der Waals surface area contributed by atoms with E-state index in [4.69, 9.17) is 9.47 Å². The van der Waals surface area contributed by atoms with E-state index in [9.17, 15) is 9.90 Å². The van der Waals surface area contributed by atoms with Gasteiger partial charge in [0, 0.05) is 24.4 Å². The largest absolute Gasteiger partial charge is 0.491 e. The highest BCUT2D eigenvalue weighted by Gasteiger charge is 2.39. The van der Waals surface area contributed by atoms with E-state index in [2.05, 4.69) is 4.98 Å². The molecule has 0 radical (unpaired) electrons. The Labute approximate surface area is 147 Å². The zero-order valence-corrected chi connectivity index (χ0v) is 14.4. The molecule has 0 spiro atoms. The molecule has 1 atom stereocenters. The summed E-state index contributed by atoms with van der Waals surface area (Å²) in [6.07, 6.45) is 2.02. The first-order valence-corrected chi connectivity index (χ1v) is 8.20. The number of likely N-dealkylation sites (tertiary alicyclic amines) is 1. The van der Waals surface area contributed by atoms with E-state index >= 15 is 0 Å². The van der Waals surface area contributed by atoms with E-state index in [1.54, 1.807) is 17.0 Å². The van der Waals surface area contributed by atoms with Gasteiger partial charge in [-0.3, -0.25) is 4.79 Å². The molecule has 132 valence electrons. The molecular weight excluding hydrogens is 320 g/mol. The fourth-order valence-electron chi connectivity index (χ4n) is 2.91. The number of ether oxygens (including phenoxy) is 2. The number of benzene rings is 1. The number of β-amino-alcohol motifs (C(OH)–C–C–N with tert-alkyl or cyclic N) is 1. The van der Waals surface area contributed by atoms with Crippen LogP contribution in [0.5, 0.6) is 11.6 Å². The van der Waals surface area contributed by atoms with Crippen LogP contribution < -0.4 is 9.47 Å². The van der Waals surface area contributed by atoms with Crippen molar-refractivity contribution in [2.75, 3.05) is 26.8 Å². The second-order valence-corrected chi connectivity index (χ2v) is 6.39. The summed E-state index contributed by atoms with van der Waals surface area (Å²) in [6.45, 7) is 2.86. The number of amides is 1. The summed E-state index contributed by atoms with van der Waals surface area (Å²) >= 11 is 0. The third-order valence-electron chi connectivity index (χ3n) is 4.31. The number of methoxy groups -OCH3 is 1. The predicted octanol–water partition coefficient (Wildman–Crippen LogP) is 2.05. The zero-order valence-electron chi connectivity index (χ0n) is 14.4. The van der Waals surface area contributed by atoms with E-state index in [1.165, 1.54) is 13.3 Å². The van der Waals surface area contributed by atoms with Crippen molar-refractivity contribution in [3.8, 4) is 11.6 Å². The predicted molar refractivity (Wildman–Crippen MR) is 92.9 cm³/mol. The van der Waals surface area contributed by atoms with Crippen molar-refractivity contribution in [2.24, 2.45) is 0 Å². The first-order chi connectivity index (χ1) is 12.0. The van der Waals surface area contributed by atoms with E-state index in [0.29, 0.717) is 24.4 Å². The highest BCUT2D eigenvalue weighted by molar-refractivity contribution is 5.94. The van der Waals surface area contributed by atoms with Crippen LogP contribution in [0.1, 0.15) is 22.3 Å². The number of hydrogen-bond acceptors (Lipinski definition) is 5. The zero-order chi connectivity index (χ0) is 17.9. The van der Waals surface area contributed by atoms with E-state index < -0.39 is 5.60 Å². The Balaban J connectivity index is 1.62. The fraction of sp³-hybridized carbons (Fsp3) is 0.368. The minimum Gasteiger partial charge on any atom is -0.491 e. The van der Waals surface area contributed by atoms with Crippen LogP contribution in [0.25, 0.3) is 0 Å². The van der Waals surface area contributed by atoms with Gasteiger partial charge in [0.1, 0.15) is 18.0 Å². The monoisotopic (exact) mass is 342 g/mol. The SMILES string of the molecule is COc1cc(C(=O)N2CCC(O)(COc3cccc(C)c3)C2)ccn1. The normalized spacial score (nSPS) is 19.7. The Kier molecular flexibility index (Phi) is 4.90. The Morgan fingerprint density at radius 3 is 2.96 bits per heavy atom. The van der Waals surface area contributed by atoms with Gasteiger partial charge in [-0.1, -0.05) is 12.1 Å². The lowest BCUT2D eigenvalue weighted by Gasteiger charge is -2.23. The van der Waals surface area contributed by atoms with Crippen molar-refractivity contribution in [3.05, 3.63) is 53.7 Å². The first-order valence-electron chi connectivity index (χ1n) is 8.20. The Morgan fingerprint density at radius 2 is 2.20 bits per heavy atom. The van der Waals surface area contributed by atoms with E-state index in [1.807, 2.05) is 31.2 Å². The standard InChI is InChI=1S/C19H22N2O4/c1-14-4-3-5-16(10-14)25-13-19(23)7-9-21(12-19)18(22)15-6-8-20-17(11-15)24-2/h3-6,8,10-11,23H,7,9,12-13H2,1-2H3. The number of aromatic nitrogens is 1. The molecule has 2 heterocycles. The van der Waals surface area contributed by atoms with Gasteiger partial charge in [0.2, 0.25) is 5.88 Å². The van der Waals surface area contributed by atoms with E-state index in [0.717, 1.165) is 11.3 Å². The molecule has 1 N–H and O–H groups in total. The molecule has 1 amide bonds. The molecule has 0 aliphatic carbocycles. The van der Waals surface area contributed by atoms with Gasteiger partial charge >= 0.3 is 0 Å². The van der Waals surface area contributed by atoms with Crippen molar-refractivity contribution >= 4 is 5.91 Å². The van der Waals surface area contributed by atoms with Gasteiger partial charge in [-0.2, -0.15) is 0 Å². The van der Waals surface area contributed by atoms with Crippen LogP contribution in [0.2, 0.25) is 0 Å². The highest BCUT2D eigenvalue weighted by atomic mass is 16.5. The summed E-state index contributed by atoms with van der Waals surface area (Å²) in [5.41, 5.74) is 0.548. The van der Waals surface area contributed by atoms with Crippen molar-refractivity contribution in [2.45, 2.75) is 18.9 Å². The molecule has 3 rings (SSSR count). The lowest BCUT2D eigenvalue weighted by atomic mass is 10.1. The van der Waals surface area contributed by atoms with Crippen LogP contribution in [-0.2, 0) is 0 Å². The molecule has 1 aliphatic heterocycles. The second kappa shape index (κ2) is 7.11. The summed E-state index contributed by atoms with van der Waals surface area (Å²) < 4.78 is 10.8. The van der Waals surface area contributed by atoms with Gasteiger partial charge in [0.15, 0.2) is 0 Å². The van der Waals surface area contributed by atoms with Crippen LogP contribution in [0.4, 0.5) is 0 Å². The van der Waals surface area contributed by atoms with Crippen molar-refractivity contribution < 1.29 is 19.4 Å². The summed E-state index contributed by atoms with van der Waals surface area (Å²) in [5.74, 6) is 0.965.